The minimum absolute atomic E-state index is 0.149. The standard InChI is InChI=1S/C12H17BrN4O/c1-16-4-6-17(7-5-16)11-8-9(13)2-3-10(11)12(14)15-18/h2-3,8,18H,4-7H2,1H3,(H2,14,15). The van der Waals surface area contributed by atoms with Gasteiger partial charge in [0.1, 0.15) is 0 Å². The molecule has 0 unspecified atom stereocenters. The average molecular weight is 313 g/mol. The van der Waals surface area contributed by atoms with E-state index in [4.69, 9.17) is 10.9 Å². The highest BCUT2D eigenvalue weighted by Gasteiger charge is 2.18. The molecule has 2 rings (SSSR count). The van der Waals surface area contributed by atoms with Crippen LogP contribution in [0.15, 0.2) is 27.8 Å². The lowest BCUT2D eigenvalue weighted by molar-refractivity contribution is 0.312. The van der Waals surface area contributed by atoms with Crippen molar-refractivity contribution in [2.75, 3.05) is 38.1 Å². The third kappa shape index (κ3) is 2.76. The number of anilines is 1. The fraction of sp³-hybridized carbons (Fsp3) is 0.417. The number of rotatable bonds is 2. The Bertz CT molecular complexity index is 455. The van der Waals surface area contributed by atoms with Gasteiger partial charge in [-0.25, -0.2) is 0 Å². The predicted octanol–water partition coefficient (Wildman–Crippen LogP) is 1.30. The number of halogens is 1. The van der Waals surface area contributed by atoms with E-state index in [0.717, 1.165) is 41.9 Å². The molecule has 0 aliphatic carbocycles. The largest absolute Gasteiger partial charge is 0.409 e. The number of hydrogen-bond donors (Lipinski definition) is 2. The van der Waals surface area contributed by atoms with Gasteiger partial charge >= 0.3 is 0 Å². The Morgan fingerprint density at radius 2 is 2.00 bits per heavy atom. The number of likely N-dealkylation sites (N-methyl/N-ethyl adjacent to an activating group) is 1. The van der Waals surface area contributed by atoms with Gasteiger partial charge in [0.15, 0.2) is 5.84 Å². The summed E-state index contributed by atoms with van der Waals surface area (Å²) in [5, 5.41) is 11.9. The molecule has 3 N–H and O–H groups in total. The topological polar surface area (TPSA) is 65.1 Å². The molecule has 0 radical (unpaired) electrons. The van der Waals surface area contributed by atoms with Gasteiger partial charge in [0.25, 0.3) is 0 Å². The van der Waals surface area contributed by atoms with Crippen LogP contribution >= 0.6 is 15.9 Å². The SMILES string of the molecule is CN1CCN(c2cc(Br)ccc2/C(N)=N/O)CC1. The summed E-state index contributed by atoms with van der Waals surface area (Å²) in [5.74, 6) is 0.149. The van der Waals surface area contributed by atoms with E-state index < -0.39 is 0 Å². The first-order valence-electron chi connectivity index (χ1n) is 5.83. The Morgan fingerprint density at radius 1 is 1.33 bits per heavy atom. The summed E-state index contributed by atoms with van der Waals surface area (Å²) in [6.07, 6.45) is 0. The predicted molar refractivity (Wildman–Crippen MR) is 76.4 cm³/mol. The lowest BCUT2D eigenvalue weighted by atomic mass is 10.1. The summed E-state index contributed by atoms with van der Waals surface area (Å²) in [5.41, 5.74) is 7.50. The first kappa shape index (κ1) is 13.2. The maximum absolute atomic E-state index is 8.85. The van der Waals surface area contributed by atoms with Crippen LogP contribution < -0.4 is 10.6 Å². The van der Waals surface area contributed by atoms with Crippen LogP contribution in [0.5, 0.6) is 0 Å². The normalized spacial score (nSPS) is 18.1. The minimum Gasteiger partial charge on any atom is -0.409 e. The highest BCUT2D eigenvalue weighted by molar-refractivity contribution is 9.10. The van der Waals surface area contributed by atoms with Crippen molar-refractivity contribution in [1.29, 1.82) is 0 Å². The fourth-order valence-corrected chi connectivity index (χ4v) is 2.43. The molecule has 1 aliphatic rings. The Kier molecular flexibility index (Phi) is 4.08. The first-order chi connectivity index (χ1) is 8.61. The second-order valence-electron chi connectivity index (χ2n) is 4.44. The summed E-state index contributed by atoms with van der Waals surface area (Å²) in [6.45, 7) is 3.92. The van der Waals surface area contributed by atoms with Crippen molar-refractivity contribution in [3.63, 3.8) is 0 Å². The number of piperazine rings is 1. The van der Waals surface area contributed by atoms with Gasteiger partial charge in [-0.1, -0.05) is 21.1 Å². The molecule has 1 aromatic carbocycles. The van der Waals surface area contributed by atoms with Crippen LogP contribution in [0.1, 0.15) is 5.56 Å². The quantitative estimate of drug-likeness (QED) is 0.374. The summed E-state index contributed by atoms with van der Waals surface area (Å²) in [6, 6.07) is 5.78. The zero-order chi connectivity index (χ0) is 13.1. The third-order valence-corrected chi connectivity index (χ3v) is 3.68. The van der Waals surface area contributed by atoms with Crippen molar-refractivity contribution in [3.8, 4) is 0 Å². The van der Waals surface area contributed by atoms with Crippen LogP contribution in [0.3, 0.4) is 0 Å². The molecule has 1 heterocycles. The Balaban J connectivity index is 2.33. The lowest BCUT2D eigenvalue weighted by Gasteiger charge is -2.35. The van der Waals surface area contributed by atoms with Gasteiger partial charge in [-0.05, 0) is 25.2 Å². The van der Waals surface area contributed by atoms with Crippen molar-refractivity contribution in [1.82, 2.24) is 4.90 Å². The zero-order valence-corrected chi connectivity index (χ0v) is 11.9. The monoisotopic (exact) mass is 312 g/mol. The molecule has 0 aromatic heterocycles. The second-order valence-corrected chi connectivity index (χ2v) is 5.35. The van der Waals surface area contributed by atoms with Crippen LogP contribution in [0, 0.1) is 0 Å². The maximum Gasteiger partial charge on any atom is 0.172 e. The van der Waals surface area contributed by atoms with Gasteiger partial charge in [0.2, 0.25) is 0 Å². The van der Waals surface area contributed by atoms with Crippen molar-refractivity contribution in [3.05, 3.63) is 28.2 Å². The van der Waals surface area contributed by atoms with Gasteiger partial charge in [0.05, 0.1) is 0 Å². The summed E-state index contributed by atoms with van der Waals surface area (Å²) in [4.78, 5) is 4.55. The Labute approximate surface area is 115 Å². The highest BCUT2D eigenvalue weighted by atomic mass is 79.9. The van der Waals surface area contributed by atoms with Gasteiger partial charge in [-0.3, -0.25) is 0 Å². The molecular weight excluding hydrogens is 296 g/mol. The zero-order valence-electron chi connectivity index (χ0n) is 10.3. The molecule has 0 saturated carbocycles. The van der Waals surface area contributed by atoms with Gasteiger partial charge < -0.3 is 20.7 Å². The minimum atomic E-state index is 0.149. The van der Waals surface area contributed by atoms with Crippen LogP contribution in [0.4, 0.5) is 5.69 Å². The number of nitrogens with zero attached hydrogens (tertiary/aromatic N) is 3. The molecule has 1 saturated heterocycles. The lowest BCUT2D eigenvalue weighted by Crippen LogP contribution is -2.45. The molecule has 0 spiro atoms. The van der Waals surface area contributed by atoms with E-state index in [1.165, 1.54) is 0 Å². The van der Waals surface area contributed by atoms with E-state index in [-0.39, 0.29) is 5.84 Å². The number of oxime groups is 1. The smallest absolute Gasteiger partial charge is 0.172 e. The fourth-order valence-electron chi connectivity index (χ4n) is 2.08. The first-order valence-corrected chi connectivity index (χ1v) is 6.62. The molecule has 0 bridgehead atoms. The Morgan fingerprint density at radius 3 is 2.61 bits per heavy atom. The number of nitrogens with two attached hydrogens (primary N) is 1. The molecule has 18 heavy (non-hydrogen) atoms. The third-order valence-electron chi connectivity index (χ3n) is 3.19. The number of amidine groups is 1. The molecule has 1 aliphatic heterocycles. The molecule has 6 heteroatoms. The molecule has 5 nitrogen and oxygen atoms in total. The van der Waals surface area contributed by atoms with Crippen molar-refractivity contribution in [2.24, 2.45) is 10.9 Å². The maximum atomic E-state index is 8.85. The number of hydrogen-bond acceptors (Lipinski definition) is 4. The average Bonchev–Trinajstić information content (AvgIpc) is 2.38. The van der Waals surface area contributed by atoms with Crippen LogP contribution in [-0.4, -0.2) is 49.2 Å². The highest BCUT2D eigenvalue weighted by Crippen LogP contribution is 2.26. The Hall–Kier alpha value is -1.27. The van der Waals surface area contributed by atoms with Gasteiger partial charge in [0, 0.05) is 41.9 Å². The summed E-state index contributed by atoms with van der Waals surface area (Å²) in [7, 11) is 2.11. The van der Waals surface area contributed by atoms with Crippen molar-refractivity contribution < 1.29 is 5.21 Å². The summed E-state index contributed by atoms with van der Waals surface area (Å²) < 4.78 is 0.992. The second kappa shape index (κ2) is 5.58. The van der Waals surface area contributed by atoms with Gasteiger partial charge in [-0.2, -0.15) is 0 Å². The van der Waals surface area contributed by atoms with Crippen LogP contribution in [0.2, 0.25) is 0 Å². The van der Waals surface area contributed by atoms with Crippen LogP contribution in [-0.2, 0) is 0 Å². The van der Waals surface area contributed by atoms with Crippen molar-refractivity contribution >= 4 is 27.5 Å². The molecule has 1 fully saturated rings. The number of benzene rings is 1. The molecule has 0 amide bonds. The van der Waals surface area contributed by atoms with E-state index >= 15 is 0 Å². The van der Waals surface area contributed by atoms with E-state index in [2.05, 4.69) is 37.9 Å². The van der Waals surface area contributed by atoms with E-state index in [0.29, 0.717) is 0 Å². The van der Waals surface area contributed by atoms with Crippen molar-refractivity contribution in [2.45, 2.75) is 0 Å². The molecular formula is C12H17BrN4O. The van der Waals surface area contributed by atoms with Gasteiger partial charge in [-0.15, -0.1) is 0 Å². The molecule has 0 atom stereocenters. The van der Waals surface area contributed by atoms with Crippen LogP contribution in [0.25, 0.3) is 0 Å². The van der Waals surface area contributed by atoms with E-state index in [9.17, 15) is 0 Å². The molecule has 1 aromatic rings. The van der Waals surface area contributed by atoms with E-state index in [1.807, 2.05) is 18.2 Å². The van der Waals surface area contributed by atoms with E-state index in [1.54, 1.807) is 0 Å². The summed E-state index contributed by atoms with van der Waals surface area (Å²) >= 11 is 3.47. The molecule has 98 valence electrons.